The Hall–Kier alpha value is -3.17. The van der Waals surface area contributed by atoms with Gasteiger partial charge >= 0.3 is 6.09 Å². The molecule has 4 rings (SSSR count). The summed E-state index contributed by atoms with van der Waals surface area (Å²) in [5.41, 5.74) is 2.28. The van der Waals surface area contributed by atoms with Gasteiger partial charge in [0.1, 0.15) is 12.1 Å². The highest BCUT2D eigenvalue weighted by molar-refractivity contribution is 5.77. The summed E-state index contributed by atoms with van der Waals surface area (Å²) in [5, 5.41) is 7.69. The predicted octanol–water partition coefficient (Wildman–Crippen LogP) is 2.50. The fraction of sp³-hybridized carbons (Fsp3) is 0.591. The van der Waals surface area contributed by atoms with Crippen LogP contribution >= 0.6 is 0 Å². The van der Waals surface area contributed by atoms with Crippen LogP contribution in [0, 0.1) is 0 Å². The van der Waals surface area contributed by atoms with E-state index in [1.165, 1.54) is 0 Å². The predicted molar refractivity (Wildman–Crippen MR) is 118 cm³/mol. The van der Waals surface area contributed by atoms with E-state index >= 15 is 0 Å². The summed E-state index contributed by atoms with van der Waals surface area (Å²) in [7, 11) is 0. The summed E-state index contributed by atoms with van der Waals surface area (Å²) in [6, 6.07) is 2.11. The van der Waals surface area contributed by atoms with Gasteiger partial charge in [-0.1, -0.05) is 0 Å². The number of carbonyl (C=O) groups excluding carboxylic acids is 2. The Morgan fingerprint density at radius 2 is 1.97 bits per heavy atom. The zero-order valence-electron chi connectivity index (χ0n) is 19.4. The molecule has 0 saturated heterocycles. The summed E-state index contributed by atoms with van der Waals surface area (Å²) in [6.07, 6.45) is 2.88. The minimum atomic E-state index is -0.539. The SMILES string of the molecule is CC(C)N1CCc2cc(Nc3ncc4c(n3)CN(C(=O)OC(C)(C)C)CC4)nn2CC1=O. The van der Waals surface area contributed by atoms with E-state index in [9.17, 15) is 9.59 Å². The van der Waals surface area contributed by atoms with Crippen molar-refractivity contribution in [3.05, 3.63) is 29.2 Å². The van der Waals surface area contributed by atoms with E-state index in [0.717, 1.165) is 23.4 Å². The van der Waals surface area contributed by atoms with Crippen LogP contribution in [-0.4, -0.2) is 66.3 Å². The first-order chi connectivity index (χ1) is 15.1. The molecule has 0 radical (unpaired) electrons. The fourth-order valence-corrected chi connectivity index (χ4v) is 3.94. The Balaban J connectivity index is 1.46. The molecule has 0 spiro atoms. The highest BCUT2D eigenvalue weighted by Gasteiger charge is 2.27. The molecule has 0 saturated carbocycles. The van der Waals surface area contributed by atoms with Crippen molar-refractivity contribution in [1.29, 1.82) is 0 Å². The third kappa shape index (κ3) is 4.84. The topological polar surface area (TPSA) is 105 Å². The molecule has 0 fully saturated rings. The largest absolute Gasteiger partial charge is 0.444 e. The van der Waals surface area contributed by atoms with E-state index in [2.05, 4.69) is 20.4 Å². The molecule has 32 heavy (non-hydrogen) atoms. The van der Waals surface area contributed by atoms with Gasteiger partial charge in [0.05, 0.1) is 12.2 Å². The standard InChI is InChI=1S/C22H31N7O3/c1-14(2)28-9-7-16-10-18(26-29(16)13-19(28)30)25-20-23-11-15-6-8-27(12-17(15)24-20)21(31)32-22(3,4)5/h10-11,14H,6-9,12-13H2,1-5H3,(H,23,24,25,26). The lowest BCUT2D eigenvalue weighted by molar-refractivity contribution is -0.133. The molecule has 2 aliphatic heterocycles. The van der Waals surface area contributed by atoms with Crippen molar-refractivity contribution in [2.75, 3.05) is 18.4 Å². The third-order valence-electron chi connectivity index (χ3n) is 5.54. The fourth-order valence-electron chi connectivity index (χ4n) is 3.94. The van der Waals surface area contributed by atoms with E-state index in [1.807, 2.05) is 45.6 Å². The van der Waals surface area contributed by atoms with Gasteiger partial charge in [-0.15, -0.1) is 0 Å². The minimum Gasteiger partial charge on any atom is -0.444 e. The summed E-state index contributed by atoms with van der Waals surface area (Å²) in [4.78, 5) is 37.5. The lowest BCUT2D eigenvalue weighted by atomic mass is 10.1. The average Bonchev–Trinajstić information content (AvgIpc) is 2.99. The van der Waals surface area contributed by atoms with Gasteiger partial charge in [0.2, 0.25) is 11.9 Å². The van der Waals surface area contributed by atoms with Gasteiger partial charge in [-0.2, -0.15) is 5.10 Å². The van der Waals surface area contributed by atoms with Crippen LogP contribution in [0.1, 0.15) is 51.6 Å². The minimum absolute atomic E-state index is 0.0701. The van der Waals surface area contributed by atoms with Crippen LogP contribution in [0.5, 0.6) is 0 Å². The second-order valence-corrected chi connectivity index (χ2v) is 9.55. The van der Waals surface area contributed by atoms with Crippen molar-refractivity contribution in [1.82, 2.24) is 29.5 Å². The van der Waals surface area contributed by atoms with Gasteiger partial charge in [0.15, 0.2) is 5.82 Å². The van der Waals surface area contributed by atoms with Crippen molar-refractivity contribution in [2.45, 2.75) is 72.2 Å². The van der Waals surface area contributed by atoms with Gasteiger partial charge in [0.25, 0.3) is 0 Å². The Bertz CT molecular complexity index is 1030. The molecule has 0 aromatic carbocycles. The number of anilines is 2. The molecule has 172 valence electrons. The first-order valence-corrected chi connectivity index (χ1v) is 11.0. The molecule has 0 unspecified atom stereocenters. The second-order valence-electron chi connectivity index (χ2n) is 9.55. The van der Waals surface area contributed by atoms with Gasteiger partial charge in [-0.25, -0.2) is 14.8 Å². The lowest BCUT2D eigenvalue weighted by Crippen LogP contribution is -2.40. The average molecular weight is 442 g/mol. The van der Waals surface area contributed by atoms with Crippen LogP contribution < -0.4 is 5.32 Å². The molecule has 4 heterocycles. The van der Waals surface area contributed by atoms with Crippen molar-refractivity contribution in [3.8, 4) is 0 Å². The van der Waals surface area contributed by atoms with E-state index in [-0.39, 0.29) is 24.6 Å². The molecule has 0 aliphatic carbocycles. The van der Waals surface area contributed by atoms with E-state index in [1.54, 1.807) is 15.8 Å². The Morgan fingerprint density at radius 3 is 2.69 bits per heavy atom. The first-order valence-electron chi connectivity index (χ1n) is 11.0. The van der Waals surface area contributed by atoms with E-state index in [4.69, 9.17) is 4.74 Å². The summed E-state index contributed by atoms with van der Waals surface area (Å²) < 4.78 is 7.24. The molecule has 2 aromatic rings. The van der Waals surface area contributed by atoms with Crippen LogP contribution in [0.15, 0.2) is 12.3 Å². The quantitative estimate of drug-likeness (QED) is 0.780. The second kappa shape index (κ2) is 8.40. The number of hydrogen-bond acceptors (Lipinski definition) is 7. The highest BCUT2D eigenvalue weighted by atomic mass is 16.6. The third-order valence-corrected chi connectivity index (χ3v) is 5.54. The van der Waals surface area contributed by atoms with Gasteiger partial charge in [0, 0.05) is 43.5 Å². The van der Waals surface area contributed by atoms with E-state index in [0.29, 0.717) is 37.8 Å². The summed E-state index contributed by atoms with van der Waals surface area (Å²) in [6.45, 7) is 11.5. The van der Waals surface area contributed by atoms with Crippen LogP contribution in [0.2, 0.25) is 0 Å². The van der Waals surface area contributed by atoms with Crippen molar-refractivity contribution >= 4 is 23.8 Å². The van der Waals surface area contributed by atoms with Crippen LogP contribution in [0.4, 0.5) is 16.6 Å². The zero-order valence-corrected chi connectivity index (χ0v) is 19.4. The van der Waals surface area contributed by atoms with Crippen molar-refractivity contribution in [3.63, 3.8) is 0 Å². The molecule has 10 nitrogen and oxygen atoms in total. The number of nitrogens with zero attached hydrogens (tertiary/aromatic N) is 6. The number of aromatic nitrogens is 4. The molecule has 1 N–H and O–H groups in total. The van der Waals surface area contributed by atoms with Crippen LogP contribution in [0.3, 0.4) is 0 Å². The van der Waals surface area contributed by atoms with Crippen LogP contribution in [0.25, 0.3) is 0 Å². The smallest absolute Gasteiger partial charge is 0.410 e. The van der Waals surface area contributed by atoms with Crippen molar-refractivity contribution in [2.24, 2.45) is 0 Å². The normalized spacial score (nSPS) is 16.5. The number of carbonyl (C=O) groups is 2. The maximum Gasteiger partial charge on any atom is 0.410 e. The molecule has 10 heteroatoms. The lowest BCUT2D eigenvalue weighted by Gasteiger charge is -2.30. The van der Waals surface area contributed by atoms with E-state index < -0.39 is 5.60 Å². The van der Waals surface area contributed by atoms with Gasteiger partial charge < -0.3 is 19.9 Å². The van der Waals surface area contributed by atoms with Gasteiger partial charge in [-0.05, 0) is 46.6 Å². The number of ether oxygens (including phenoxy) is 1. The van der Waals surface area contributed by atoms with Crippen molar-refractivity contribution < 1.29 is 14.3 Å². The number of rotatable bonds is 3. The maximum atomic E-state index is 12.5. The maximum absolute atomic E-state index is 12.5. The monoisotopic (exact) mass is 441 g/mol. The first kappa shape index (κ1) is 22.0. The Labute approximate surface area is 188 Å². The Morgan fingerprint density at radius 1 is 1.19 bits per heavy atom. The molecular formula is C22H31N7O3. The molecular weight excluding hydrogens is 410 g/mol. The Kier molecular flexibility index (Phi) is 5.79. The zero-order chi connectivity index (χ0) is 23.0. The van der Waals surface area contributed by atoms with Gasteiger partial charge in [-0.3, -0.25) is 9.48 Å². The highest BCUT2D eigenvalue weighted by Crippen LogP contribution is 2.22. The number of amides is 2. The molecule has 0 atom stereocenters. The number of hydrogen-bond donors (Lipinski definition) is 1. The summed E-state index contributed by atoms with van der Waals surface area (Å²) >= 11 is 0. The summed E-state index contributed by atoms with van der Waals surface area (Å²) in [5.74, 6) is 1.09. The molecule has 2 aliphatic rings. The van der Waals surface area contributed by atoms with Crippen LogP contribution in [-0.2, 0) is 35.5 Å². The number of nitrogens with one attached hydrogen (secondary N) is 1. The number of fused-ring (bicyclic) bond motifs is 2. The molecule has 2 amide bonds. The molecule has 2 aromatic heterocycles. The molecule has 0 bridgehead atoms.